The smallest absolute Gasteiger partial charge is 0.0346 e. The highest BCUT2D eigenvalue weighted by atomic mass is 14.9. The second kappa shape index (κ2) is 9.73. The van der Waals surface area contributed by atoms with Crippen LogP contribution in [0.4, 0.5) is 0 Å². The molecule has 0 fully saturated rings. The first-order valence-electron chi connectivity index (χ1n) is 11.2. The van der Waals surface area contributed by atoms with Crippen molar-refractivity contribution in [3.63, 3.8) is 0 Å². The van der Waals surface area contributed by atoms with E-state index in [0.29, 0.717) is 0 Å². The van der Waals surface area contributed by atoms with Gasteiger partial charge in [0, 0.05) is 44.0 Å². The van der Waals surface area contributed by atoms with Crippen LogP contribution in [0.25, 0.3) is 28.5 Å². The zero-order valence-corrected chi connectivity index (χ0v) is 18.1. The molecular weight excluding hydrogens is 390 g/mol. The third-order valence-corrected chi connectivity index (χ3v) is 5.96. The summed E-state index contributed by atoms with van der Waals surface area (Å²) < 4.78 is 0. The summed E-state index contributed by atoms with van der Waals surface area (Å²) in [5, 5.41) is 9.59. The Morgan fingerprint density at radius 2 is 1.44 bits per heavy atom. The summed E-state index contributed by atoms with van der Waals surface area (Å²) in [5.41, 5.74) is 7.72. The van der Waals surface area contributed by atoms with Crippen LogP contribution in [0.15, 0.2) is 91.3 Å². The number of hydrogen-bond donors (Lipinski definition) is 2. The van der Waals surface area contributed by atoms with Gasteiger partial charge in [-0.1, -0.05) is 85.0 Å². The molecule has 0 unspecified atom stereocenters. The molecule has 0 aliphatic heterocycles. The average molecular weight is 418 g/mol. The van der Waals surface area contributed by atoms with E-state index in [1.165, 1.54) is 44.2 Å². The highest BCUT2D eigenvalue weighted by Gasteiger charge is 2.13. The maximum atomic E-state index is 4.22. The lowest BCUT2D eigenvalue weighted by Gasteiger charge is -2.12. The fourth-order valence-corrected chi connectivity index (χ4v) is 4.34. The predicted molar refractivity (Wildman–Crippen MR) is 135 cm³/mol. The van der Waals surface area contributed by atoms with Gasteiger partial charge >= 0.3 is 0 Å². The first-order chi connectivity index (χ1) is 15.9. The van der Waals surface area contributed by atoms with Crippen LogP contribution in [0.5, 0.6) is 0 Å². The average Bonchev–Trinajstić information content (AvgIpc) is 3.01. The molecule has 1 aliphatic rings. The van der Waals surface area contributed by atoms with Crippen molar-refractivity contribution >= 4 is 28.5 Å². The topological polar surface area (TPSA) is 37.0 Å². The van der Waals surface area contributed by atoms with Gasteiger partial charge in [-0.2, -0.15) is 0 Å². The minimum atomic E-state index is 0.833. The van der Waals surface area contributed by atoms with Crippen LogP contribution in [0.3, 0.4) is 0 Å². The highest BCUT2D eigenvalue weighted by molar-refractivity contribution is 5.93. The molecule has 0 bridgehead atoms. The van der Waals surface area contributed by atoms with Gasteiger partial charge in [-0.25, -0.2) is 0 Å². The van der Waals surface area contributed by atoms with Gasteiger partial charge in [-0.3, -0.25) is 4.98 Å². The minimum Gasteiger partial charge on any atom is -0.312 e. The number of hydrogen-bond acceptors (Lipinski definition) is 3. The third kappa shape index (κ3) is 4.40. The van der Waals surface area contributed by atoms with Crippen LogP contribution >= 0.6 is 0 Å². The van der Waals surface area contributed by atoms with E-state index in [-0.39, 0.29) is 0 Å². The van der Waals surface area contributed by atoms with Crippen molar-refractivity contribution in [1.82, 2.24) is 15.6 Å². The van der Waals surface area contributed by atoms with E-state index in [9.17, 15) is 0 Å². The van der Waals surface area contributed by atoms with Crippen LogP contribution in [0.1, 0.15) is 27.8 Å². The first kappa shape index (κ1) is 20.4. The molecular formula is C29H27N3. The minimum absolute atomic E-state index is 0.833. The van der Waals surface area contributed by atoms with E-state index < -0.39 is 0 Å². The van der Waals surface area contributed by atoms with Crippen LogP contribution in [-0.4, -0.2) is 24.6 Å². The van der Waals surface area contributed by atoms with Gasteiger partial charge in [0.25, 0.3) is 0 Å². The molecule has 3 aromatic carbocycles. The van der Waals surface area contributed by atoms with Crippen LogP contribution < -0.4 is 10.6 Å². The van der Waals surface area contributed by atoms with Gasteiger partial charge < -0.3 is 10.6 Å². The molecule has 32 heavy (non-hydrogen) atoms. The highest BCUT2D eigenvalue weighted by Crippen LogP contribution is 2.33. The quantitative estimate of drug-likeness (QED) is 0.342. The molecule has 1 heterocycles. The van der Waals surface area contributed by atoms with Crippen molar-refractivity contribution in [3.8, 4) is 0 Å². The van der Waals surface area contributed by atoms with Gasteiger partial charge in [0.2, 0.25) is 0 Å². The second-order valence-corrected chi connectivity index (χ2v) is 8.02. The molecule has 0 amide bonds. The van der Waals surface area contributed by atoms with E-state index in [0.717, 1.165) is 26.2 Å². The molecule has 2 N–H and O–H groups in total. The molecule has 0 saturated heterocycles. The number of benzene rings is 3. The number of fused-ring (bicyclic) bond motifs is 3. The van der Waals surface area contributed by atoms with Crippen molar-refractivity contribution < 1.29 is 0 Å². The molecule has 3 heteroatoms. The van der Waals surface area contributed by atoms with Gasteiger partial charge in [0.15, 0.2) is 0 Å². The second-order valence-electron chi connectivity index (χ2n) is 8.02. The summed E-state index contributed by atoms with van der Waals surface area (Å²) in [6.07, 6.45) is 10.5. The van der Waals surface area contributed by atoms with Crippen molar-refractivity contribution in [2.45, 2.75) is 6.54 Å². The zero-order chi connectivity index (χ0) is 21.6. The lowest BCUT2D eigenvalue weighted by atomic mass is 9.93. The van der Waals surface area contributed by atoms with Crippen molar-refractivity contribution in [3.05, 3.63) is 119 Å². The fraction of sp³-hybridized carbons (Fsp3) is 0.138. The Morgan fingerprint density at radius 1 is 0.719 bits per heavy atom. The van der Waals surface area contributed by atoms with Gasteiger partial charge in [-0.05, 0) is 44.8 Å². The fourth-order valence-electron chi connectivity index (χ4n) is 4.34. The van der Waals surface area contributed by atoms with Gasteiger partial charge in [0.05, 0.1) is 0 Å². The van der Waals surface area contributed by atoms with E-state index in [1.54, 1.807) is 0 Å². The summed E-state index contributed by atoms with van der Waals surface area (Å²) in [6.45, 7) is 3.52. The van der Waals surface area contributed by atoms with Crippen molar-refractivity contribution in [2.24, 2.45) is 0 Å². The number of rotatable bonds is 7. The van der Waals surface area contributed by atoms with E-state index in [2.05, 4.69) is 107 Å². The lowest BCUT2D eigenvalue weighted by Crippen LogP contribution is -2.27. The largest absolute Gasteiger partial charge is 0.312 e. The molecule has 1 aliphatic carbocycles. The summed E-state index contributed by atoms with van der Waals surface area (Å²) in [6, 6.07) is 25.7. The van der Waals surface area contributed by atoms with Crippen LogP contribution in [0, 0.1) is 0 Å². The Balaban J connectivity index is 1.20. The normalized spacial score (nSPS) is 12.3. The van der Waals surface area contributed by atoms with Crippen LogP contribution in [-0.2, 0) is 6.54 Å². The summed E-state index contributed by atoms with van der Waals surface area (Å²) in [5.74, 6) is 0. The molecule has 5 rings (SSSR count). The van der Waals surface area contributed by atoms with E-state index in [4.69, 9.17) is 0 Å². The Bertz CT molecular complexity index is 1230. The first-order valence-corrected chi connectivity index (χ1v) is 11.2. The molecule has 158 valence electrons. The van der Waals surface area contributed by atoms with E-state index in [1.807, 2.05) is 12.4 Å². The maximum absolute atomic E-state index is 4.22. The summed E-state index contributed by atoms with van der Waals surface area (Å²) in [7, 11) is 0. The molecule has 1 aromatic heterocycles. The summed E-state index contributed by atoms with van der Waals surface area (Å²) in [4.78, 5) is 4.22. The van der Waals surface area contributed by atoms with E-state index >= 15 is 0 Å². The standard InChI is InChI=1S/C29H27N3/c1-3-10-27-22(6-1)12-13-23-7-2-4-11-28(23)29(27)15-16-30-18-19-32-21-25-9-5-8-24-20-31-17-14-26(24)25/h1-15,17,20,30,32H,16,18-19,21H2. The molecule has 0 saturated carbocycles. The third-order valence-electron chi connectivity index (χ3n) is 5.96. The number of pyridine rings is 1. The molecule has 3 nitrogen and oxygen atoms in total. The Labute approximate surface area is 189 Å². The number of aromatic nitrogens is 1. The monoisotopic (exact) mass is 417 g/mol. The Morgan fingerprint density at radius 3 is 2.22 bits per heavy atom. The maximum Gasteiger partial charge on any atom is 0.0346 e. The molecule has 0 spiro atoms. The zero-order valence-electron chi connectivity index (χ0n) is 18.1. The van der Waals surface area contributed by atoms with Gasteiger partial charge in [0.1, 0.15) is 0 Å². The number of nitrogens with one attached hydrogen (secondary N) is 2. The van der Waals surface area contributed by atoms with Crippen LogP contribution in [0.2, 0.25) is 0 Å². The Kier molecular flexibility index (Phi) is 6.20. The number of nitrogens with zero attached hydrogens (tertiary/aromatic N) is 1. The summed E-state index contributed by atoms with van der Waals surface area (Å²) >= 11 is 0. The molecule has 4 aromatic rings. The molecule has 0 atom stereocenters. The Hall–Kier alpha value is -3.53. The van der Waals surface area contributed by atoms with Crippen molar-refractivity contribution in [2.75, 3.05) is 19.6 Å². The van der Waals surface area contributed by atoms with Gasteiger partial charge in [-0.15, -0.1) is 0 Å². The molecule has 0 radical (unpaired) electrons. The lowest BCUT2D eigenvalue weighted by molar-refractivity contribution is 0.637. The SMILES string of the molecule is C1=Cc2ccccc2C(=CCNCCNCc2cccc3cnccc23)c2ccccc21. The van der Waals surface area contributed by atoms with Crippen molar-refractivity contribution in [1.29, 1.82) is 0 Å². The predicted octanol–water partition coefficient (Wildman–Crippen LogP) is 5.53.